The lowest BCUT2D eigenvalue weighted by Crippen LogP contribution is -2.28. The van der Waals surface area contributed by atoms with Gasteiger partial charge in [0.2, 0.25) is 0 Å². The van der Waals surface area contributed by atoms with Crippen molar-refractivity contribution >= 4 is 27.6 Å². The van der Waals surface area contributed by atoms with E-state index in [0.717, 1.165) is 56.1 Å². The first-order valence-electron chi connectivity index (χ1n) is 11.6. The van der Waals surface area contributed by atoms with Crippen LogP contribution in [-0.4, -0.2) is 28.3 Å². The fraction of sp³-hybridized carbons (Fsp3) is 0.310. The molecule has 34 heavy (non-hydrogen) atoms. The van der Waals surface area contributed by atoms with E-state index in [9.17, 15) is 9.90 Å². The number of rotatable bonds is 4. The SMILES string of the molecule is Cc1ccc2cc(C)c([C@H](OC(C)(C)C)C(=O)O)c(-c3ccc4c5c(ccnc35)CCO4)c2c1. The maximum absolute atomic E-state index is 12.6. The van der Waals surface area contributed by atoms with E-state index in [1.165, 1.54) is 5.56 Å². The maximum atomic E-state index is 12.6. The van der Waals surface area contributed by atoms with Crippen LogP contribution in [-0.2, 0) is 16.0 Å². The van der Waals surface area contributed by atoms with E-state index < -0.39 is 17.7 Å². The molecule has 0 radical (unpaired) electrons. The Morgan fingerprint density at radius 2 is 1.91 bits per heavy atom. The first kappa shape index (κ1) is 22.4. The van der Waals surface area contributed by atoms with Gasteiger partial charge < -0.3 is 14.6 Å². The molecule has 0 saturated carbocycles. The summed E-state index contributed by atoms with van der Waals surface area (Å²) >= 11 is 0. The van der Waals surface area contributed by atoms with Crippen molar-refractivity contribution in [2.45, 2.75) is 52.7 Å². The Hall–Kier alpha value is -3.44. The summed E-state index contributed by atoms with van der Waals surface area (Å²) in [6, 6.07) is 14.4. The van der Waals surface area contributed by atoms with Crippen molar-refractivity contribution in [1.29, 1.82) is 0 Å². The monoisotopic (exact) mass is 455 g/mol. The van der Waals surface area contributed by atoms with Gasteiger partial charge >= 0.3 is 5.97 Å². The molecular formula is C29H29NO4. The van der Waals surface area contributed by atoms with Crippen molar-refractivity contribution in [3.05, 3.63) is 70.9 Å². The summed E-state index contributed by atoms with van der Waals surface area (Å²) in [5.74, 6) is -0.186. The highest BCUT2D eigenvalue weighted by atomic mass is 16.5. The molecule has 1 N–H and O–H groups in total. The molecule has 174 valence electrons. The summed E-state index contributed by atoms with van der Waals surface area (Å²) in [5.41, 5.74) is 5.78. The molecule has 0 fully saturated rings. The van der Waals surface area contributed by atoms with Gasteiger partial charge in [0, 0.05) is 29.1 Å². The molecule has 1 aliphatic rings. The molecule has 5 nitrogen and oxygen atoms in total. The number of pyridine rings is 1. The number of hydrogen-bond donors (Lipinski definition) is 1. The van der Waals surface area contributed by atoms with Crippen LogP contribution in [0.1, 0.15) is 49.1 Å². The smallest absolute Gasteiger partial charge is 0.337 e. The molecule has 3 aromatic carbocycles. The van der Waals surface area contributed by atoms with E-state index in [1.54, 1.807) is 0 Å². The van der Waals surface area contributed by atoms with Gasteiger partial charge in [0.1, 0.15) is 5.75 Å². The number of ether oxygens (including phenoxy) is 2. The van der Waals surface area contributed by atoms with Crippen molar-refractivity contribution in [2.75, 3.05) is 6.61 Å². The second kappa shape index (κ2) is 8.10. The van der Waals surface area contributed by atoms with Crippen LogP contribution >= 0.6 is 0 Å². The molecule has 0 bridgehead atoms. The molecule has 1 aliphatic heterocycles. The molecule has 0 spiro atoms. The van der Waals surface area contributed by atoms with Gasteiger partial charge in [0.05, 0.1) is 17.7 Å². The predicted molar refractivity (Wildman–Crippen MR) is 135 cm³/mol. The van der Waals surface area contributed by atoms with Crippen LogP contribution in [0.4, 0.5) is 0 Å². The largest absolute Gasteiger partial charge is 0.493 e. The van der Waals surface area contributed by atoms with Gasteiger partial charge in [0.25, 0.3) is 0 Å². The first-order valence-corrected chi connectivity index (χ1v) is 11.6. The molecule has 5 heteroatoms. The van der Waals surface area contributed by atoms with Gasteiger partial charge in [0.15, 0.2) is 6.10 Å². The van der Waals surface area contributed by atoms with Crippen molar-refractivity contribution < 1.29 is 19.4 Å². The Balaban J connectivity index is 1.92. The lowest BCUT2D eigenvalue weighted by atomic mass is 9.85. The van der Waals surface area contributed by atoms with Gasteiger partial charge in [-0.05, 0) is 80.3 Å². The quantitative estimate of drug-likeness (QED) is 0.378. The third-order valence-corrected chi connectivity index (χ3v) is 6.34. The van der Waals surface area contributed by atoms with E-state index in [2.05, 4.69) is 24.3 Å². The third-order valence-electron chi connectivity index (χ3n) is 6.34. The average Bonchev–Trinajstić information content (AvgIpc) is 2.77. The van der Waals surface area contributed by atoms with Crippen molar-refractivity contribution in [2.24, 2.45) is 0 Å². The Kier molecular flexibility index (Phi) is 5.33. The van der Waals surface area contributed by atoms with Crippen LogP contribution in [0, 0.1) is 13.8 Å². The van der Waals surface area contributed by atoms with Crippen LogP contribution in [0.25, 0.3) is 32.8 Å². The molecule has 1 atom stereocenters. The Morgan fingerprint density at radius 1 is 1.12 bits per heavy atom. The zero-order chi connectivity index (χ0) is 24.2. The van der Waals surface area contributed by atoms with Crippen molar-refractivity contribution in [3.8, 4) is 16.9 Å². The van der Waals surface area contributed by atoms with Gasteiger partial charge in [-0.3, -0.25) is 4.98 Å². The maximum Gasteiger partial charge on any atom is 0.337 e. The summed E-state index contributed by atoms with van der Waals surface area (Å²) in [6.07, 6.45) is 1.53. The number of hydrogen-bond acceptors (Lipinski definition) is 4. The lowest BCUT2D eigenvalue weighted by Gasteiger charge is -2.29. The van der Waals surface area contributed by atoms with E-state index >= 15 is 0 Å². The number of nitrogens with zero attached hydrogens (tertiary/aromatic N) is 1. The van der Waals surface area contributed by atoms with E-state index in [1.807, 2.05) is 59.0 Å². The molecule has 2 heterocycles. The van der Waals surface area contributed by atoms with Gasteiger partial charge in [-0.25, -0.2) is 4.79 Å². The molecular weight excluding hydrogens is 426 g/mol. The highest BCUT2D eigenvalue weighted by molar-refractivity contribution is 6.09. The molecule has 1 aromatic heterocycles. The van der Waals surface area contributed by atoms with E-state index in [0.29, 0.717) is 12.2 Å². The second-order valence-corrected chi connectivity index (χ2v) is 10.1. The van der Waals surface area contributed by atoms with Crippen molar-refractivity contribution in [3.63, 3.8) is 0 Å². The highest BCUT2D eigenvalue weighted by Crippen LogP contribution is 2.45. The molecule has 0 amide bonds. The lowest BCUT2D eigenvalue weighted by molar-refractivity contribution is -0.160. The third kappa shape index (κ3) is 3.80. The van der Waals surface area contributed by atoms with Crippen LogP contribution in [0.3, 0.4) is 0 Å². The first-order chi connectivity index (χ1) is 16.1. The highest BCUT2D eigenvalue weighted by Gasteiger charge is 2.32. The second-order valence-electron chi connectivity index (χ2n) is 10.1. The predicted octanol–water partition coefficient (Wildman–Crippen LogP) is 6.55. The number of carbonyl (C=O) groups is 1. The average molecular weight is 456 g/mol. The summed E-state index contributed by atoms with van der Waals surface area (Å²) in [4.78, 5) is 17.4. The Morgan fingerprint density at radius 3 is 2.65 bits per heavy atom. The summed E-state index contributed by atoms with van der Waals surface area (Å²) in [6.45, 7) is 10.3. The van der Waals surface area contributed by atoms with Gasteiger partial charge in [-0.1, -0.05) is 29.8 Å². The fourth-order valence-corrected chi connectivity index (χ4v) is 4.98. The van der Waals surface area contributed by atoms with Crippen LogP contribution in [0.5, 0.6) is 5.75 Å². The number of aliphatic carboxylic acids is 1. The zero-order valence-electron chi connectivity index (χ0n) is 20.2. The number of carboxylic acid groups (broad SMARTS) is 1. The molecule has 4 aromatic rings. The van der Waals surface area contributed by atoms with E-state index in [-0.39, 0.29) is 0 Å². The number of aryl methyl sites for hydroxylation is 2. The number of aromatic nitrogens is 1. The zero-order valence-corrected chi connectivity index (χ0v) is 20.2. The minimum absolute atomic E-state index is 0.639. The van der Waals surface area contributed by atoms with Crippen LogP contribution < -0.4 is 4.74 Å². The minimum atomic E-state index is -1.12. The topological polar surface area (TPSA) is 68.7 Å². The van der Waals surface area contributed by atoms with Gasteiger partial charge in [-0.15, -0.1) is 0 Å². The number of fused-ring (bicyclic) bond motifs is 1. The number of benzene rings is 3. The normalized spacial score (nSPS) is 14.3. The van der Waals surface area contributed by atoms with Crippen LogP contribution in [0.2, 0.25) is 0 Å². The minimum Gasteiger partial charge on any atom is -0.493 e. The Labute approximate surface area is 199 Å². The van der Waals surface area contributed by atoms with Crippen molar-refractivity contribution in [1.82, 2.24) is 4.98 Å². The Bertz CT molecular complexity index is 1440. The standard InChI is InChI=1S/C29H29NO4/c1-16-6-7-19-15-17(2)23(27(28(31)32)34-29(3,4)5)25(21(19)14-16)20-8-9-22-24-18(11-13-33-22)10-12-30-26(20)24/h6-10,12,14-15,27H,11,13H2,1-5H3,(H,31,32)/t27-/m0/s1. The number of carboxylic acids is 1. The summed E-state index contributed by atoms with van der Waals surface area (Å²) in [5, 5.41) is 13.3. The summed E-state index contributed by atoms with van der Waals surface area (Å²) < 4.78 is 12.1. The fourth-order valence-electron chi connectivity index (χ4n) is 4.98. The molecule has 5 rings (SSSR count). The van der Waals surface area contributed by atoms with Crippen LogP contribution in [0.15, 0.2) is 48.7 Å². The summed E-state index contributed by atoms with van der Waals surface area (Å²) in [7, 11) is 0. The molecule has 0 aliphatic carbocycles. The molecule has 0 saturated heterocycles. The van der Waals surface area contributed by atoms with Gasteiger partial charge in [-0.2, -0.15) is 0 Å². The molecule has 0 unspecified atom stereocenters. The van der Waals surface area contributed by atoms with E-state index in [4.69, 9.17) is 14.5 Å².